The van der Waals surface area contributed by atoms with Crippen molar-refractivity contribution in [3.05, 3.63) is 23.3 Å². The fourth-order valence-electron chi connectivity index (χ4n) is 6.45. The predicted octanol–water partition coefficient (Wildman–Crippen LogP) is 0.846. The molecule has 0 aromatic heterocycles. The Balaban J connectivity index is 1.71. The Hall–Kier alpha value is -1.21. The highest BCUT2D eigenvalue weighted by atomic mass is 16.6. The molecule has 1 saturated carbocycles. The molecule has 0 unspecified atom stereocenters. The third-order valence-corrected chi connectivity index (χ3v) is 8.18. The van der Waals surface area contributed by atoms with Gasteiger partial charge in [-0.1, -0.05) is 32.9 Å². The maximum atomic E-state index is 12.0. The fraction of sp³-hybridized carbons (Fsp3) is 0.750. The van der Waals surface area contributed by atoms with Crippen LogP contribution in [0, 0.1) is 17.3 Å². The third kappa shape index (κ3) is 1.47. The van der Waals surface area contributed by atoms with Gasteiger partial charge in [0, 0.05) is 11.0 Å². The van der Waals surface area contributed by atoms with E-state index in [4.69, 9.17) is 9.47 Å². The second-order valence-electron chi connectivity index (χ2n) is 9.23. The van der Waals surface area contributed by atoms with Crippen LogP contribution in [0.4, 0.5) is 0 Å². The van der Waals surface area contributed by atoms with E-state index in [1.807, 2.05) is 20.8 Å². The summed E-state index contributed by atoms with van der Waals surface area (Å²) in [6, 6.07) is 0. The van der Waals surface area contributed by atoms with Gasteiger partial charge in [0.15, 0.2) is 5.60 Å². The summed E-state index contributed by atoms with van der Waals surface area (Å²) in [5.74, 6) is -0.458. The first kappa shape index (κ1) is 16.9. The number of fused-ring (bicyclic) bond motifs is 4. The molecule has 3 N–H and O–H groups in total. The average molecular weight is 362 g/mol. The monoisotopic (exact) mass is 362 g/mol. The maximum Gasteiger partial charge on any atom is 0.334 e. The normalized spacial score (nSPS) is 54.4. The minimum Gasteiger partial charge on any atom is -0.458 e. The Bertz CT molecular complexity index is 770. The molecule has 7 atom stereocenters. The van der Waals surface area contributed by atoms with E-state index in [-0.39, 0.29) is 24.4 Å². The number of carbonyl (C=O) groups is 1. The first-order valence-electron chi connectivity index (χ1n) is 9.52. The first-order valence-corrected chi connectivity index (χ1v) is 9.52. The summed E-state index contributed by atoms with van der Waals surface area (Å²) < 4.78 is 11.5. The first-order chi connectivity index (χ1) is 12.1. The maximum absolute atomic E-state index is 12.0. The minimum atomic E-state index is -1.77. The molecule has 2 aliphatic heterocycles. The van der Waals surface area contributed by atoms with E-state index in [1.54, 1.807) is 12.2 Å². The number of hydrogen-bond donors (Lipinski definition) is 3. The van der Waals surface area contributed by atoms with Crippen LogP contribution in [-0.4, -0.2) is 56.9 Å². The predicted molar refractivity (Wildman–Crippen MR) is 90.9 cm³/mol. The van der Waals surface area contributed by atoms with Gasteiger partial charge in [0.2, 0.25) is 0 Å². The number of esters is 1. The van der Waals surface area contributed by atoms with Crippen LogP contribution in [-0.2, 0) is 14.3 Å². The lowest BCUT2D eigenvalue weighted by Gasteiger charge is -2.62. The minimum absolute atomic E-state index is 0.0612. The van der Waals surface area contributed by atoms with Gasteiger partial charge in [-0.2, -0.15) is 0 Å². The lowest BCUT2D eigenvalue weighted by molar-refractivity contribution is -0.267. The van der Waals surface area contributed by atoms with Gasteiger partial charge in [0.25, 0.3) is 0 Å². The molecule has 5 aliphatic rings. The molecule has 3 aliphatic carbocycles. The average Bonchev–Trinajstić information content (AvgIpc) is 3.04. The summed E-state index contributed by atoms with van der Waals surface area (Å²) in [7, 11) is 0. The summed E-state index contributed by atoms with van der Waals surface area (Å²) in [5.41, 5.74) is -3.46. The van der Waals surface area contributed by atoms with E-state index in [0.29, 0.717) is 19.3 Å². The van der Waals surface area contributed by atoms with Crippen molar-refractivity contribution < 1.29 is 29.6 Å². The molecule has 0 radical (unpaired) electrons. The number of ether oxygens (including phenoxy) is 2. The van der Waals surface area contributed by atoms with E-state index in [9.17, 15) is 20.1 Å². The van der Waals surface area contributed by atoms with E-state index in [0.717, 1.165) is 11.1 Å². The zero-order valence-corrected chi connectivity index (χ0v) is 15.4. The van der Waals surface area contributed by atoms with Crippen LogP contribution in [0.3, 0.4) is 0 Å². The Morgan fingerprint density at radius 1 is 1.27 bits per heavy atom. The van der Waals surface area contributed by atoms with Crippen molar-refractivity contribution in [2.75, 3.05) is 6.61 Å². The molecule has 142 valence electrons. The topological polar surface area (TPSA) is 96.2 Å². The number of cyclic esters (lactones) is 1. The zero-order valence-electron chi connectivity index (χ0n) is 15.4. The molecule has 1 saturated heterocycles. The second-order valence-corrected chi connectivity index (χ2v) is 9.23. The van der Waals surface area contributed by atoms with Gasteiger partial charge >= 0.3 is 5.97 Å². The highest BCUT2D eigenvalue weighted by Crippen LogP contribution is 2.67. The highest BCUT2D eigenvalue weighted by Gasteiger charge is 2.80. The molecule has 0 spiro atoms. The molecule has 2 fully saturated rings. The molecule has 5 rings (SSSR count). The third-order valence-electron chi connectivity index (χ3n) is 8.18. The number of rotatable bonds is 1. The van der Waals surface area contributed by atoms with E-state index in [2.05, 4.69) is 0 Å². The number of carbonyl (C=O) groups excluding carboxylic acids is 1. The second kappa shape index (κ2) is 4.61. The van der Waals surface area contributed by atoms with E-state index < -0.39 is 34.4 Å². The quantitative estimate of drug-likeness (QED) is 0.473. The van der Waals surface area contributed by atoms with Crippen LogP contribution >= 0.6 is 0 Å². The molecule has 0 amide bonds. The highest BCUT2D eigenvalue weighted by molar-refractivity contribution is 5.92. The zero-order chi connectivity index (χ0) is 18.7. The summed E-state index contributed by atoms with van der Waals surface area (Å²) >= 11 is 0. The largest absolute Gasteiger partial charge is 0.458 e. The van der Waals surface area contributed by atoms with Crippen molar-refractivity contribution in [2.24, 2.45) is 17.3 Å². The lowest BCUT2D eigenvalue weighted by atomic mass is 9.45. The number of aliphatic hydroxyl groups is 3. The van der Waals surface area contributed by atoms with Crippen LogP contribution in [0.5, 0.6) is 0 Å². The van der Waals surface area contributed by atoms with E-state index in [1.165, 1.54) is 0 Å². The van der Waals surface area contributed by atoms with Gasteiger partial charge in [0.05, 0.1) is 6.10 Å². The number of aliphatic hydroxyl groups excluding tert-OH is 1. The van der Waals surface area contributed by atoms with Crippen LogP contribution in [0.15, 0.2) is 23.3 Å². The van der Waals surface area contributed by atoms with Crippen molar-refractivity contribution in [3.8, 4) is 0 Å². The summed E-state index contributed by atoms with van der Waals surface area (Å²) in [6.07, 6.45) is 3.02. The van der Waals surface area contributed by atoms with Crippen molar-refractivity contribution in [1.29, 1.82) is 0 Å². The SMILES string of the molecule is CC(C)[C@@]12C=C[C@]3(O)[C@@](O)([C@@H](C[C@H]4C5=C(CC[C@@]43C)C(=O)OC5)O1)[C@@H]2O. The summed E-state index contributed by atoms with van der Waals surface area (Å²) in [5, 5.41) is 34.6. The van der Waals surface area contributed by atoms with Crippen LogP contribution in [0.2, 0.25) is 0 Å². The molecule has 0 aromatic carbocycles. The van der Waals surface area contributed by atoms with Gasteiger partial charge in [-0.05, 0) is 36.7 Å². The molecular formula is C20H26O6. The fourth-order valence-corrected chi connectivity index (χ4v) is 6.45. The van der Waals surface area contributed by atoms with Crippen molar-refractivity contribution in [2.45, 2.75) is 69.0 Å². The van der Waals surface area contributed by atoms with E-state index >= 15 is 0 Å². The van der Waals surface area contributed by atoms with Crippen molar-refractivity contribution >= 4 is 5.97 Å². The van der Waals surface area contributed by atoms with Crippen LogP contribution in [0.1, 0.15) is 40.0 Å². The van der Waals surface area contributed by atoms with Crippen LogP contribution < -0.4 is 0 Å². The summed E-state index contributed by atoms with van der Waals surface area (Å²) in [4.78, 5) is 12.0. The molecule has 2 heterocycles. The summed E-state index contributed by atoms with van der Waals surface area (Å²) in [6.45, 7) is 6.09. The Kier molecular flexibility index (Phi) is 3.00. The Labute approximate surface area is 152 Å². The molecule has 26 heavy (non-hydrogen) atoms. The molecule has 6 nitrogen and oxygen atoms in total. The van der Waals surface area contributed by atoms with Crippen LogP contribution in [0.25, 0.3) is 0 Å². The molecule has 0 aromatic rings. The molecular weight excluding hydrogens is 336 g/mol. The molecule has 6 heteroatoms. The van der Waals surface area contributed by atoms with Gasteiger partial charge in [-0.25, -0.2) is 4.79 Å². The smallest absolute Gasteiger partial charge is 0.334 e. The van der Waals surface area contributed by atoms with Crippen molar-refractivity contribution in [3.63, 3.8) is 0 Å². The van der Waals surface area contributed by atoms with Gasteiger partial charge in [-0.15, -0.1) is 0 Å². The van der Waals surface area contributed by atoms with Gasteiger partial charge < -0.3 is 24.8 Å². The number of hydrogen-bond acceptors (Lipinski definition) is 6. The van der Waals surface area contributed by atoms with Crippen molar-refractivity contribution in [1.82, 2.24) is 0 Å². The Morgan fingerprint density at radius 2 is 2.00 bits per heavy atom. The van der Waals surface area contributed by atoms with Gasteiger partial charge in [-0.3, -0.25) is 0 Å². The lowest BCUT2D eigenvalue weighted by Crippen LogP contribution is -2.77. The Morgan fingerprint density at radius 3 is 2.69 bits per heavy atom. The van der Waals surface area contributed by atoms with Gasteiger partial charge in [0.1, 0.15) is 23.9 Å². The standard InChI is InChI=1S/C20H26O6/c1-10(2)18-6-7-19(23)17(3)5-4-11-12(9-25-15(11)21)13(17)8-14(26-18)20(19,24)16(18)22/h6-7,10,13-14,16,22-24H,4-5,8-9H2,1-3H3/t13-,14+,16+,17-,18+,19+,20+/m0/s1. The molecule has 2 bridgehead atoms.